The molecular weight excluding hydrogens is 236 g/mol. The lowest BCUT2D eigenvalue weighted by atomic mass is 10.1. The number of rotatable bonds is 3. The van der Waals surface area contributed by atoms with E-state index < -0.39 is 0 Å². The first-order valence-corrected chi connectivity index (χ1v) is 6.27. The van der Waals surface area contributed by atoms with Crippen molar-refractivity contribution in [1.82, 2.24) is 0 Å². The van der Waals surface area contributed by atoms with Crippen molar-refractivity contribution in [2.75, 3.05) is 0 Å². The highest BCUT2D eigenvalue weighted by Crippen LogP contribution is 2.20. The number of allylic oxidation sites excluding steroid dienone is 4. The van der Waals surface area contributed by atoms with Crippen molar-refractivity contribution in [3.05, 3.63) is 59.9 Å². The van der Waals surface area contributed by atoms with Gasteiger partial charge in [-0.1, -0.05) is 12.2 Å². The zero-order valence-corrected chi connectivity index (χ0v) is 10.7. The molecule has 1 aliphatic rings. The quantitative estimate of drug-likeness (QED) is 0.661. The van der Waals surface area contributed by atoms with Crippen molar-refractivity contribution < 1.29 is 4.74 Å². The molecule has 1 aromatic carbocycles. The Morgan fingerprint density at radius 3 is 2.74 bits per heavy atom. The predicted octanol–water partition coefficient (Wildman–Crippen LogP) is 3.51. The first-order valence-electron chi connectivity index (χ1n) is 6.27. The molecule has 0 saturated heterocycles. The molecule has 0 atom stereocenters. The summed E-state index contributed by atoms with van der Waals surface area (Å²) >= 11 is 0. The smallest absolute Gasteiger partial charge is 0.126 e. The van der Waals surface area contributed by atoms with Crippen LogP contribution in [0, 0.1) is 11.3 Å². The van der Waals surface area contributed by atoms with Crippen LogP contribution < -0.4 is 10.5 Å². The van der Waals surface area contributed by atoms with Crippen LogP contribution in [0.4, 0.5) is 0 Å². The van der Waals surface area contributed by atoms with Crippen molar-refractivity contribution >= 4 is 5.70 Å². The molecule has 0 bridgehead atoms. The van der Waals surface area contributed by atoms with Gasteiger partial charge in [-0.2, -0.15) is 5.26 Å². The molecule has 19 heavy (non-hydrogen) atoms. The van der Waals surface area contributed by atoms with Crippen LogP contribution in [0.3, 0.4) is 0 Å². The Morgan fingerprint density at radius 1 is 1.21 bits per heavy atom. The van der Waals surface area contributed by atoms with E-state index in [-0.39, 0.29) is 0 Å². The highest BCUT2D eigenvalue weighted by molar-refractivity contribution is 5.65. The topological polar surface area (TPSA) is 59.0 Å². The second kappa shape index (κ2) is 6.46. The standard InChI is InChI=1S/C16H16N2O/c17-12-11-16(18)13-7-9-15(10-8-13)19-14-5-3-1-2-4-6-14/h1,3,6-11H,2,4-5,18H2/b16-11-. The van der Waals surface area contributed by atoms with E-state index in [0.717, 1.165) is 36.3 Å². The summed E-state index contributed by atoms with van der Waals surface area (Å²) in [5.41, 5.74) is 7.02. The Hall–Kier alpha value is -2.47. The van der Waals surface area contributed by atoms with Gasteiger partial charge in [-0.25, -0.2) is 0 Å². The number of nitrogens with two attached hydrogens (primary N) is 1. The molecule has 1 aliphatic carbocycles. The van der Waals surface area contributed by atoms with E-state index in [1.54, 1.807) is 0 Å². The molecule has 2 N–H and O–H groups in total. The number of ether oxygens (including phenoxy) is 1. The van der Waals surface area contributed by atoms with Crippen molar-refractivity contribution in [3.63, 3.8) is 0 Å². The van der Waals surface area contributed by atoms with Crippen molar-refractivity contribution in [2.24, 2.45) is 5.73 Å². The fraction of sp³-hybridized carbons (Fsp3) is 0.188. The molecule has 0 fully saturated rings. The van der Waals surface area contributed by atoms with Crippen LogP contribution in [0.25, 0.3) is 5.70 Å². The van der Waals surface area contributed by atoms with Crippen LogP contribution >= 0.6 is 0 Å². The van der Waals surface area contributed by atoms with Gasteiger partial charge >= 0.3 is 0 Å². The van der Waals surface area contributed by atoms with Gasteiger partial charge in [0.15, 0.2) is 0 Å². The summed E-state index contributed by atoms with van der Waals surface area (Å²) in [6.45, 7) is 0. The minimum absolute atomic E-state index is 0.464. The van der Waals surface area contributed by atoms with Gasteiger partial charge in [-0.3, -0.25) is 0 Å². The summed E-state index contributed by atoms with van der Waals surface area (Å²) in [6.07, 6.45) is 10.7. The molecule has 0 unspecified atom stereocenters. The summed E-state index contributed by atoms with van der Waals surface area (Å²) in [7, 11) is 0. The molecule has 0 amide bonds. The van der Waals surface area contributed by atoms with E-state index >= 15 is 0 Å². The fourth-order valence-corrected chi connectivity index (χ4v) is 1.84. The Labute approximate surface area is 113 Å². The van der Waals surface area contributed by atoms with Gasteiger partial charge in [0.05, 0.1) is 6.07 Å². The molecule has 2 rings (SSSR count). The molecule has 0 aliphatic heterocycles. The van der Waals surface area contributed by atoms with Gasteiger partial charge in [0.2, 0.25) is 0 Å². The van der Waals surface area contributed by atoms with E-state index in [4.69, 9.17) is 15.7 Å². The fourth-order valence-electron chi connectivity index (χ4n) is 1.84. The molecule has 3 heteroatoms. The van der Waals surface area contributed by atoms with Crippen LogP contribution in [-0.2, 0) is 0 Å². The molecule has 3 nitrogen and oxygen atoms in total. The average molecular weight is 252 g/mol. The lowest BCUT2D eigenvalue weighted by Gasteiger charge is -2.08. The van der Waals surface area contributed by atoms with E-state index in [1.165, 1.54) is 6.08 Å². The molecule has 1 aromatic rings. The summed E-state index contributed by atoms with van der Waals surface area (Å²) in [6, 6.07) is 9.35. The molecule has 0 aromatic heterocycles. The highest BCUT2D eigenvalue weighted by Gasteiger charge is 2.02. The zero-order valence-electron chi connectivity index (χ0n) is 10.7. The van der Waals surface area contributed by atoms with Crippen LogP contribution in [0.2, 0.25) is 0 Å². The van der Waals surface area contributed by atoms with Crippen molar-refractivity contribution in [1.29, 1.82) is 5.26 Å². The van der Waals surface area contributed by atoms with E-state index in [1.807, 2.05) is 30.3 Å². The van der Waals surface area contributed by atoms with E-state index in [9.17, 15) is 0 Å². The van der Waals surface area contributed by atoms with Crippen molar-refractivity contribution in [2.45, 2.75) is 19.3 Å². The second-order valence-corrected chi connectivity index (χ2v) is 4.28. The van der Waals surface area contributed by atoms with Gasteiger partial charge in [0.25, 0.3) is 0 Å². The number of nitrogens with zero attached hydrogens (tertiary/aromatic N) is 1. The summed E-state index contributed by atoms with van der Waals surface area (Å²) in [4.78, 5) is 0. The molecule has 0 saturated carbocycles. The Balaban J connectivity index is 2.07. The maximum atomic E-state index is 8.55. The molecular formula is C16H16N2O. The van der Waals surface area contributed by atoms with Crippen LogP contribution in [0.1, 0.15) is 24.8 Å². The van der Waals surface area contributed by atoms with Crippen molar-refractivity contribution in [3.8, 4) is 11.8 Å². The second-order valence-electron chi connectivity index (χ2n) is 4.28. The third-order valence-electron chi connectivity index (χ3n) is 2.85. The number of benzene rings is 1. The predicted molar refractivity (Wildman–Crippen MR) is 75.9 cm³/mol. The van der Waals surface area contributed by atoms with Crippen LogP contribution in [0.15, 0.2) is 54.3 Å². The molecule has 0 radical (unpaired) electrons. The van der Waals surface area contributed by atoms with Gasteiger partial charge in [-0.15, -0.1) is 0 Å². The maximum absolute atomic E-state index is 8.55. The van der Waals surface area contributed by atoms with E-state index in [0.29, 0.717) is 5.70 Å². The Morgan fingerprint density at radius 2 is 2.00 bits per heavy atom. The maximum Gasteiger partial charge on any atom is 0.126 e. The monoisotopic (exact) mass is 252 g/mol. The van der Waals surface area contributed by atoms with E-state index in [2.05, 4.69) is 18.2 Å². The van der Waals surface area contributed by atoms with Crippen LogP contribution in [0.5, 0.6) is 5.75 Å². The van der Waals surface area contributed by atoms with Crippen LogP contribution in [-0.4, -0.2) is 0 Å². The summed E-state index contributed by atoms with van der Waals surface area (Å²) in [5.74, 6) is 1.76. The Kier molecular flexibility index (Phi) is 4.41. The largest absolute Gasteiger partial charge is 0.462 e. The third-order valence-corrected chi connectivity index (χ3v) is 2.85. The van der Waals surface area contributed by atoms with Gasteiger partial charge in [0, 0.05) is 18.2 Å². The van der Waals surface area contributed by atoms with Gasteiger partial charge < -0.3 is 10.5 Å². The molecule has 96 valence electrons. The average Bonchev–Trinajstić information content (AvgIpc) is 2.68. The third kappa shape index (κ3) is 3.75. The SMILES string of the molecule is N#C/C=C(\N)c1ccc(OC2=CCCC=CC2)cc1. The first kappa shape index (κ1) is 13.0. The summed E-state index contributed by atoms with van der Waals surface area (Å²) in [5, 5.41) is 8.55. The highest BCUT2D eigenvalue weighted by atomic mass is 16.5. The number of hydrogen-bond donors (Lipinski definition) is 1. The minimum atomic E-state index is 0.464. The normalized spacial score (nSPS) is 15.3. The zero-order chi connectivity index (χ0) is 13.5. The van der Waals surface area contributed by atoms with Gasteiger partial charge in [-0.05, 0) is 48.7 Å². The lowest BCUT2D eigenvalue weighted by Crippen LogP contribution is -1.97. The summed E-state index contributed by atoms with van der Waals surface area (Å²) < 4.78 is 5.81. The van der Waals surface area contributed by atoms with Gasteiger partial charge in [0.1, 0.15) is 11.5 Å². The molecule has 0 spiro atoms. The lowest BCUT2D eigenvalue weighted by molar-refractivity contribution is 0.414. The minimum Gasteiger partial charge on any atom is -0.462 e. The number of hydrogen-bond acceptors (Lipinski definition) is 3. The first-order chi connectivity index (χ1) is 9.29. The molecule has 0 heterocycles. The Bertz CT molecular complexity index is 559. The number of nitriles is 1.